The van der Waals surface area contributed by atoms with Crippen LogP contribution in [0.3, 0.4) is 0 Å². The molecule has 0 aliphatic heterocycles. The van der Waals surface area contributed by atoms with Gasteiger partial charge < -0.3 is 15.2 Å². The van der Waals surface area contributed by atoms with Gasteiger partial charge in [-0.1, -0.05) is 23.2 Å². The minimum Gasteiger partial charge on any atom is -0.495 e. The van der Waals surface area contributed by atoms with E-state index in [0.717, 1.165) is 5.56 Å². The summed E-state index contributed by atoms with van der Waals surface area (Å²) in [5.74, 6) is 0.561. The molecular formula is C11H15Cl2NO2. The molecule has 1 unspecified atom stereocenters. The minimum atomic E-state index is 0.0249. The van der Waals surface area contributed by atoms with Crippen molar-refractivity contribution in [1.82, 2.24) is 5.32 Å². The second-order valence-electron chi connectivity index (χ2n) is 3.54. The predicted molar refractivity (Wildman–Crippen MR) is 66.4 cm³/mol. The number of aliphatic hydroxyl groups excluding tert-OH is 1. The molecule has 0 aliphatic carbocycles. The summed E-state index contributed by atoms with van der Waals surface area (Å²) in [6.45, 7) is 2.53. The van der Waals surface area contributed by atoms with Gasteiger partial charge in [0.1, 0.15) is 5.75 Å². The average Bonchev–Trinajstić information content (AvgIpc) is 2.29. The molecule has 0 saturated carbocycles. The maximum Gasteiger partial charge on any atom is 0.138 e. The second-order valence-corrected chi connectivity index (χ2v) is 4.36. The van der Waals surface area contributed by atoms with Gasteiger partial charge in [-0.25, -0.2) is 0 Å². The van der Waals surface area contributed by atoms with E-state index in [0.29, 0.717) is 22.3 Å². The fourth-order valence-electron chi connectivity index (χ4n) is 1.21. The Kier molecular flexibility index (Phi) is 5.35. The first-order valence-corrected chi connectivity index (χ1v) is 5.70. The number of hydrogen-bond donors (Lipinski definition) is 2. The summed E-state index contributed by atoms with van der Waals surface area (Å²) in [6.07, 6.45) is 0. The van der Waals surface area contributed by atoms with Gasteiger partial charge in [-0.05, 0) is 18.6 Å². The molecule has 0 spiro atoms. The number of rotatable bonds is 5. The van der Waals surface area contributed by atoms with Gasteiger partial charge in [0.25, 0.3) is 0 Å². The van der Waals surface area contributed by atoms with Gasteiger partial charge in [-0.15, -0.1) is 0 Å². The lowest BCUT2D eigenvalue weighted by atomic mass is 10.2. The summed E-state index contributed by atoms with van der Waals surface area (Å²) in [5.41, 5.74) is 0.882. The molecule has 1 aromatic rings. The summed E-state index contributed by atoms with van der Waals surface area (Å²) >= 11 is 12.1. The number of halogens is 2. The first kappa shape index (κ1) is 13.6. The SMILES string of the molecule is COc1cc(Cl)c(CNC(C)CO)cc1Cl. The highest BCUT2D eigenvalue weighted by Gasteiger charge is 2.08. The minimum absolute atomic E-state index is 0.0249. The van der Waals surface area contributed by atoms with Crippen molar-refractivity contribution in [3.63, 3.8) is 0 Å². The van der Waals surface area contributed by atoms with Crippen molar-refractivity contribution in [1.29, 1.82) is 0 Å². The zero-order valence-corrected chi connectivity index (χ0v) is 10.8. The summed E-state index contributed by atoms with van der Waals surface area (Å²) in [7, 11) is 1.54. The fraction of sp³-hybridized carbons (Fsp3) is 0.455. The van der Waals surface area contributed by atoms with E-state index in [1.54, 1.807) is 19.2 Å². The van der Waals surface area contributed by atoms with Crippen LogP contribution in [0.1, 0.15) is 12.5 Å². The van der Waals surface area contributed by atoms with Crippen LogP contribution in [0, 0.1) is 0 Å². The van der Waals surface area contributed by atoms with Crippen LogP contribution in [0.25, 0.3) is 0 Å². The normalized spacial score (nSPS) is 12.6. The van der Waals surface area contributed by atoms with Crippen molar-refractivity contribution in [2.24, 2.45) is 0 Å². The van der Waals surface area contributed by atoms with Gasteiger partial charge in [0.2, 0.25) is 0 Å². The Labute approximate surface area is 105 Å². The maximum absolute atomic E-state index is 8.88. The lowest BCUT2D eigenvalue weighted by molar-refractivity contribution is 0.251. The van der Waals surface area contributed by atoms with Crippen LogP contribution in [-0.2, 0) is 6.54 Å². The first-order chi connectivity index (χ1) is 7.58. The number of aliphatic hydroxyl groups is 1. The molecule has 1 aromatic carbocycles. The molecule has 3 nitrogen and oxygen atoms in total. The molecule has 2 N–H and O–H groups in total. The zero-order valence-electron chi connectivity index (χ0n) is 9.26. The largest absolute Gasteiger partial charge is 0.495 e. The molecule has 5 heteroatoms. The fourth-order valence-corrected chi connectivity index (χ4v) is 1.69. The van der Waals surface area contributed by atoms with Gasteiger partial charge in [0.15, 0.2) is 0 Å². The molecular weight excluding hydrogens is 249 g/mol. The second kappa shape index (κ2) is 6.30. The van der Waals surface area contributed by atoms with Crippen LogP contribution >= 0.6 is 23.2 Å². The summed E-state index contributed by atoms with van der Waals surface area (Å²) in [6, 6.07) is 3.47. The Hall–Kier alpha value is -0.480. The predicted octanol–water partition coefficient (Wildman–Crippen LogP) is 2.47. The number of hydrogen-bond acceptors (Lipinski definition) is 3. The van der Waals surface area contributed by atoms with Crippen LogP contribution in [0.4, 0.5) is 0 Å². The number of nitrogens with one attached hydrogen (secondary N) is 1. The zero-order chi connectivity index (χ0) is 12.1. The van der Waals surface area contributed by atoms with Crippen molar-refractivity contribution in [2.45, 2.75) is 19.5 Å². The van der Waals surface area contributed by atoms with E-state index in [-0.39, 0.29) is 12.6 Å². The van der Waals surface area contributed by atoms with E-state index in [1.807, 2.05) is 6.92 Å². The number of methoxy groups -OCH3 is 1. The third-order valence-corrected chi connectivity index (χ3v) is 2.88. The van der Waals surface area contributed by atoms with E-state index < -0.39 is 0 Å². The Bertz CT molecular complexity index is 358. The molecule has 0 radical (unpaired) electrons. The third kappa shape index (κ3) is 3.52. The topological polar surface area (TPSA) is 41.5 Å². The highest BCUT2D eigenvalue weighted by Crippen LogP contribution is 2.30. The molecule has 0 bridgehead atoms. The van der Waals surface area contributed by atoms with E-state index in [1.165, 1.54) is 0 Å². The molecule has 1 atom stereocenters. The van der Waals surface area contributed by atoms with Gasteiger partial charge in [0.05, 0.1) is 18.7 Å². The highest BCUT2D eigenvalue weighted by atomic mass is 35.5. The number of benzene rings is 1. The molecule has 0 aromatic heterocycles. The van der Waals surface area contributed by atoms with E-state index in [4.69, 9.17) is 33.0 Å². The van der Waals surface area contributed by atoms with E-state index >= 15 is 0 Å². The Balaban J connectivity index is 2.77. The van der Waals surface area contributed by atoms with E-state index in [9.17, 15) is 0 Å². The van der Waals surface area contributed by atoms with Gasteiger partial charge in [0, 0.05) is 23.7 Å². The molecule has 0 saturated heterocycles. The molecule has 0 amide bonds. The third-order valence-electron chi connectivity index (χ3n) is 2.24. The smallest absolute Gasteiger partial charge is 0.138 e. The van der Waals surface area contributed by atoms with Crippen LogP contribution < -0.4 is 10.1 Å². The van der Waals surface area contributed by atoms with Gasteiger partial charge in [-0.3, -0.25) is 0 Å². The van der Waals surface area contributed by atoms with Crippen molar-refractivity contribution in [2.75, 3.05) is 13.7 Å². The highest BCUT2D eigenvalue weighted by molar-refractivity contribution is 6.34. The van der Waals surface area contributed by atoms with Crippen LogP contribution in [0.5, 0.6) is 5.75 Å². The van der Waals surface area contributed by atoms with E-state index in [2.05, 4.69) is 5.32 Å². The summed E-state index contributed by atoms with van der Waals surface area (Å²) in [5, 5.41) is 13.1. The quantitative estimate of drug-likeness (QED) is 0.858. The van der Waals surface area contributed by atoms with Crippen molar-refractivity contribution >= 4 is 23.2 Å². The lowest BCUT2D eigenvalue weighted by Gasteiger charge is -2.13. The Morgan fingerprint density at radius 1 is 1.38 bits per heavy atom. The molecule has 16 heavy (non-hydrogen) atoms. The lowest BCUT2D eigenvalue weighted by Crippen LogP contribution is -2.28. The standard InChI is InChI=1S/C11H15Cl2NO2/c1-7(6-15)14-5-8-3-10(13)11(16-2)4-9(8)12/h3-4,7,14-15H,5-6H2,1-2H3. The average molecular weight is 264 g/mol. The Morgan fingerprint density at radius 2 is 2.06 bits per heavy atom. The molecule has 1 rings (SSSR count). The van der Waals surface area contributed by atoms with Gasteiger partial charge >= 0.3 is 0 Å². The molecule has 0 heterocycles. The molecule has 90 valence electrons. The summed E-state index contributed by atoms with van der Waals surface area (Å²) in [4.78, 5) is 0. The van der Waals surface area contributed by atoms with Crippen LogP contribution in [-0.4, -0.2) is 24.9 Å². The van der Waals surface area contributed by atoms with Gasteiger partial charge in [-0.2, -0.15) is 0 Å². The van der Waals surface area contributed by atoms with Crippen LogP contribution in [0.15, 0.2) is 12.1 Å². The first-order valence-electron chi connectivity index (χ1n) is 4.94. The number of ether oxygens (including phenoxy) is 1. The summed E-state index contributed by atoms with van der Waals surface area (Å²) < 4.78 is 5.05. The van der Waals surface area contributed by atoms with Crippen molar-refractivity contribution < 1.29 is 9.84 Å². The molecule has 0 fully saturated rings. The van der Waals surface area contributed by atoms with Crippen molar-refractivity contribution in [3.05, 3.63) is 27.7 Å². The monoisotopic (exact) mass is 263 g/mol. The molecule has 0 aliphatic rings. The maximum atomic E-state index is 8.88. The van der Waals surface area contributed by atoms with Crippen molar-refractivity contribution in [3.8, 4) is 5.75 Å². The van der Waals surface area contributed by atoms with Crippen LogP contribution in [0.2, 0.25) is 10.0 Å². The Morgan fingerprint density at radius 3 is 2.62 bits per heavy atom.